The summed E-state index contributed by atoms with van der Waals surface area (Å²) in [7, 11) is 0. The van der Waals surface area contributed by atoms with Gasteiger partial charge in [0.1, 0.15) is 5.75 Å². The summed E-state index contributed by atoms with van der Waals surface area (Å²) in [5.74, 6) is -4.56. The van der Waals surface area contributed by atoms with Crippen LogP contribution in [0.3, 0.4) is 0 Å². The van der Waals surface area contributed by atoms with Crippen molar-refractivity contribution in [1.29, 1.82) is 0 Å². The summed E-state index contributed by atoms with van der Waals surface area (Å²) in [4.78, 5) is 0. The molecular weight excluding hydrogens is 375 g/mol. The monoisotopic (exact) mass is 398 g/mol. The molecule has 0 aliphatic heterocycles. The van der Waals surface area contributed by atoms with Crippen LogP contribution >= 0.6 is 0 Å². The van der Waals surface area contributed by atoms with Crippen LogP contribution in [0.2, 0.25) is 0 Å². The summed E-state index contributed by atoms with van der Waals surface area (Å²) in [6.45, 7) is 2.18. The Bertz CT molecular complexity index is 772. The molecule has 3 rings (SSSR count). The van der Waals surface area contributed by atoms with Gasteiger partial charge in [-0.2, -0.15) is 8.78 Å². The SMILES string of the molecule is CCCC1CCC(c2ccc(C(F)(F)Oc3cc(F)c(F)c(F)c3)cc2)CC1. The Kier molecular flexibility index (Phi) is 6.26. The van der Waals surface area contributed by atoms with Gasteiger partial charge in [-0.1, -0.05) is 31.9 Å². The van der Waals surface area contributed by atoms with Crippen molar-refractivity contribution < 1.29 is 26.7 Å². The average Bonchev–Trinajstić information content (AvgIpc) is 2.67. The summed E-state index contributed by atoms with van der Waals surface area (Å²) in [6, 6.07) is 6.64. The fourth-order valence-electron chi connectivity index (χ4n) is 3.94. The second kappa shape index (κ2) is 8.50. The maximum Gasteiger partial charge on any atom is 0.426 e. The lowest BCUT2D eigenvalue weighted by Crippen LogP contribution is -2.22. The van der Waals surface area contributed by atoms with Crippen LogP contribution in [-0.4, -0.2) is 0 Å². The number of hydrogen-bond donors (Lipinski definition) is 0. The smallest absolute Gasteiger partial charge is 0.426 e. The third kappa shape index (κ3) is 4.65. The number of alkyl halides is 2. The van der Waals surface area contributed by atoms with Gasteiger partial charge in [0.05, 0.1) is 5.56 Å². The summed E-state index contributed by atoms with van der Waals surface area (Å²) in [5.41, 5.74) is 0.578. The molecule has 2 aromatic rings. The van der Waals surface area contributed by atoms with E-state index in [4.69, 9.17) is 0 Å². The Balaban J connectivity index is 1.68. The lowest BCUT2D eigenvalue weighted by atomic mass is 9.77. The molecule has 0 N–H and O–H groups in total. The van der Waals surface area contributed by atoms with Crippen molar-refractivity contribution in [3.63, 3.8) is 0 Å². The van der Waals surface area contributed by atoms with Crippen molar-refractivity contribution in [3.05, 3.63) is 65.0 Å². The Hall–Kier alpha value is -2.11. The second-order valence-electron chi connectivity index (χ2n) is 7.45. The van der Waals surface area contributed by atoms with Crippen LogP contribution in [0.15, 0.2) is 36.4 Å². The highest BCUT2D eigenvalue weighted by molar-refractivity contribution is 5.30. The highest BCUT2D eigenvalue weighted by Gasteiger charge is 2.35. The van der Waals surface area contributed by atoms with Gasteiger partial charge in [-0.25, -0.2) is 13.2 Å². The normalized spacial score (nSPS) is 20.2. The molecule has 0 unspecified atom stereocenters. The quantitative estimate of drug-likeness (QED) is 0.366. The maximum absolute atomic E-state index is 14.4. The van der Waals surface area contributed by atoms with E-state index >= 15 is 0 Å². The zero-order valence-corrected chi connectivity index (χ0v) is 15.7. The van der Waals surface area contributed by atoms with Gasteiger partial charge in [0.2, 0.25) is 0 Å². The van der Waals surface area contributed by atoms with E-state index in [1.807, 2.05) is 0 Å². The van der Waals surface area contributed by atoms with E-state index in [9.17, 15) is 22.0 Å². The molecule has 0 bridgehead atoms. The molecule has 1 aliphatic rings. The number of ether oxygens (including phenoxy) is 1. The van der Waals surface area contributed by atoms with Gasteiger partial charge < -0.3 is 4.74 Å². The first-order chi connectivity index (χ1) is 13.3. The van der Waals surface area contributed by atoms with E-state index in [1.54, 1.807) is 12.1 Å². The van der Waals surface area contributed by atoms with Crippen LogP contribution in [0.5, 0.6) is 5.75 Å². The van der Waals surface area contributed by atoms with Gasteiger partial charge >= 0.3 is 6.11 Å². The molecule has 0 amide bonds. The van der Waals surface area contributed by atoms with E-state index in [2.05, 4.69) is 11.7 Å². The molecule has 0 atom stereocenters. The number of benzene rings is 2. The van der Waals surface area contributed by atoms with E-state index in [1.165, 1.54) is 25.0 Å². The van der Waals surface area contributed by atoms with Gasteiger partial charge in [-0.05, 0) is 55.2 Å². The molecule has 0 radical (unpaired) electrons. The molecule has 1 saturated carbocycles. The van der Waals surface area contributed by atoms with Gasteiger partial charge in [0.25, 0.3) is 0 Å². The standard InChI is InChI=1S/C22H23F5O/c1-2-3-14-4-6-15(7-5-14)16-8-10-17(11-9-16)22(26,27)28-18-12-19(23)21(25)20(24)13-18/h8-15H,2-7H2,1H3. The first-order valence-electron chi connectivity index (χ1n) is 9.62. The lowest BCUT2D eigenvalue weighted by Gasteiger charge is -2.29. The van der Waals surface area contributed by atoms with E-state index in [0.717, 1.165) is 37.2 Å². The molecule has 0 aromatic heterocycles. The molecule has 28 heavy (non-hydrogen) atoms. The highest BCUT2D eigenvalue weighted by Crippen LogP contribution is 2.39. The zero-order chi connectivity index (χ0) is 20.3. The first-order valence-corrected chi connectivity index (χ1v) is 9.62. The molecule has 1 aliphatic carbocycles. The lowest BCUT2D eigenvalue weighted by molar-refractivity contribution is -0.185. The average molecular weight is 398 g/mol. The van der Waals surface area contributed by atoms with Crippen LogP contribution in [0.1, 0.15) is 62.5 Å². The minimum Gasteiger partial charge on any atom is -0.429 e. The van der Waals surface area contributed by atoms with Gasteiger partial charge in [-0.15, -0.1) is 0 Å². The van der Waals surface area contributed by atoms with Crippen LogP contribution in [-0.2, 0) is 6.11 Å². The third-order valence-electron chi connectivity index (χ3n) is 5.47. The van der Waals surface area contributed by atoms with Crippen molar-refractivity contribution in [2.75, 3.05) is 0 Å². The molecule has 2 aromatic carbocycles. The molecular formula is C22H23F5O. The molecule has 152 valence electrons. The molecule has 0 saturated heterocycles. The van der Waals surface area contributed by atoms with Crippen molar-refractivity contribution in [2.45, 2.75) is 57.5 Å². The number of hydrogen-bond acceptors (Lipinski definition) is 1. The fourth-order valence-corrected chi connectivity index (χ4v) is 3.94. The van der Waals surface area contributed by atoms with Crippen molar-refractivity contribution >= 4 is 0 Å². The third-order valence-corrected chi connectivity index (χ3v) is 5.47. The van der Waals surface area contributed by atoms with Crippen molar-refractivity contribution in [1.82, 2.24) is 0 Å². The Morgan fingerprint density at radius 2 is 1.50 bits per heavy atom. The van der Waals surface area contributed by atoms with Gasteiger partial charge in [-0.3, -0.25) is 0 Å². The summed E-state index contributed by atoms with van der Waals surface area (Å²) < 4.78 is 72.5. The fraction of sp³-hybridized carbons (Fsp3) is 0.455. The van der Waals surface area contributed by atoms with E-state index in [0.29, 0.717) is 18.1 Å². The molecule has 1 nitrogen and oxygen atoms in total. The molecule has 1 fully saturated rings. The predicted molar refractivity (Wildman–Crippen MR) is 96.9 cm³/mol. The predicted octanol–water partition coefficient (Wildman–Crippen LogP) is 7.31. The summed E-state index contributed by atoms with van der Waals surface area (Å²) in [6.07, 6.45) is 3.02. The Morgan fingerprint density at radius 3 is 2.04 bits per heavy atom. The first kappa shape index (κ1) is 20.6. The number of rotatable bonds is 6. The maximum atomic E-state index is 14.4. The molecule has 0 spiro atoms. The molecule has 6 heteroatoms. The van der Waals surface area contributed by atoms with Crippen LogP contribution in [0.25, 0.3) is 0 Å². The topological polar surface area (TPSA) is 9.23 Å². The van der Waals surface area contributed by atoms with Crippen LogP contribution in [0, 0.1) is 23.4 Å². The zero-order valence-electron chi connectivity index (χ0n) is 15.7. The van der Waals surface area contributed by atoms with Gasteiger partial charge in [0.15, 0.2) is 17.5 Å². The minimum absolute atomic E-state index is 0.358. The minimum atomic E-state index is -3.80. The van der Waals surface area contributed by atoms with Crippen molar-refractivity contribution in [2.24, 2.45) is 5.92 Å². The summed E-state index contributed by atoms with van der Waals surface area (Å²) in [5, 5.41) is 0. The van der Waals surface area contributed by atoms with Crippen molar-refractivity contribution in [3.8, 4) is 5.75 Å². The van der Waals surface area contributed by atoms with Crippen LogP contribution in [0.4, 0.5) is 22.0 Å². The number of halogens is 5. The second-order valence-corrected chi connectivity index (χ2v) is 7.45. The summed E-state index contributed by atoms with van der Waals surface area (Å²) >= 11 is 0. The van der Waals surface area contributed by atoms with E-state index in [-0.39, 0.29) is 0 Å². The Morgan fingerprint density at radius 1 is 0.929 bits per heavy atom. The molecule has 0 heterocycles. The Labute approximate surface area is 161 Å². The van der Waals surface area contributed by atoms with Gasteiger partial charge in [0, 0.05) is 12.1 Å². The highest BCUT2D eigenvalue weighted by atomic mass is 19.3. The van der Waals surface area contributed by atoms with Crippen LogP contribution < -0.4 is 4.74 Å². The van der Waals surface area contributed by atoms with E-state index < -0.39 is 34.9 Å². The largest absolute Gasteiger partial charge is 0.429 e.